The summed E-state index contributed by atoms with van der Waals surface area (Å²) >= 11 is 0. The maximum atomic E-state index is 4.38. The van der Waals surface area contributed by atoms with E-state index in [9.17, 15) is 0 Å². The number of hydrogen-bond donors (Lipinski definition) is 1. The van der Waals surface area contributed by atoms with Gasteiger partial charge in [0, 0.05) is 31.3 Å². The second kappa shape index (κ2) is 8.84. The number of aromatic nitrogens is 3. The minimum Gasteiger partial charge on any atom is -0.368 e. The number of unbranched alkanes of at least 4 members (excludes halogenated alkanes) is 2. The van der Waals surface area contributed by atoms with Crippen LogP contribution < -0.4 is 5.32 Å². The van der Waals surface area contributed by atoms with Crippen LogP contribution in [0.2, 0.25) is 0 Å². The fraction of sp³-hybridized carbons (Fsp3) is 0.353. The van der Waals surface area contributed by atoms with Crippen molar-refractivity contribution in [1.82, 2.24) is 15.0 Å². The molecule has 0 saturated heterocycles. The van der Waals surface area contributed by atoms with E-state index in [0.29, 0.717) is 0 Å². The molecule has 2 rings (SSSR count). The maximum Gasteiger partial charge on any atom is 0.151 e. The molecule has 0 amide bonds. The van der Waals surface area contributed by atoms with Crippen LogP contribution in [0, 0.1) is 0 Å². The Morgan fingerprint density at radius 1 is 1.10 bits per heavy atom. The highest BCUT2D eigenvalue weighted by molar-refractivity contribution is 5.58. The normalized spacial score (nSPS) is 10.9. The highest BCUT2D eigenvalue weighted by atomic mass is 15.0. The van der Waals surface area contributed by atoms with E-state index in [2.05, 4.69) is 39.3 Å². The second-order valence-electron chi connectivity index (χ2n) is 4.87. The Labute approximate surface area is 126 Å². The topological polar surface area (TPSA) is 50.7 Å². The van der Waals surface area contributed by atoms with E-state index in [1.54, 1.807) is 12.4 Å². The third-order valence-corrected chi connectivity index (χ3v) is 3.18. The predicted octanol–water partition coefficient (Wildman–Crippen LogP) is 3.73. The van der Waals surface area contributed by atoms with Gasteiger partial charge in [-0.1, -0.05) is 25.8 Å². The Morgan fingerprint density at radius 3 is 2.71 bits per heavy atom. The Morgan fingerprint density at radius 2 is 1.90 bits per heavy atom. The van der Waals surface area contributed by atoms with Gasteiger partial charge in [-0.25, -0.2) is 4.98 Å². The minimum atomic E-state index is 0.832. The van der Waals surface area contributed by atoms with Crippen LogP contribution in [0.1, 0.15) is 37.4 Å². The quantitative estimate of drug-likeness (QED) is 0.750. The molecule has 0 bridgehead atoms. The molecule has 0 radical (unpaired) electrons. The second-order valence-corrected chi connectivity index (χ2v) is 4.87. The van der Waals surface area contributed by atoms with Crippen molar-refractivity contribution in [2.24, 2.45) is 0 Å². The van der Waals surface area contributed by atoms with Gasteiger partial charge in [0.15, 0.2) is 5.82 Å². The molecule has 0 aromatic carbocycles. The molecule has 0 atom stereocenters. The van der Waals surface area contributed by atoms with Gasteiger partial charge in [-0.2, -0.15) is 0 Å². The highest BCUT2D eigenvalue weighted by Gasteiger charge is 2.01. The lowest BCUT2D eigenvalue weighted by Crippen LogP contribution is -2.08. The first kappa shape index (κ1) is 15.2. The summed E-state index contributed by atoms with van der Waals surface area (Å²) in [5, 5.41) is 3.36. The number of pyridine rings is 1. The van der Waals surface area contributed by atoms with E-state index >= 15 is 0 Å². The smallest absolute Gasteiger partial charge is 0.151 e. The largest absolute Gasteiger partial charge is 0.368 e. The average Bonchev–Trinajstić information content (AvgIpc) is 2.54. The zero-order chi connectivity index (χ0) is 14.8. The molecule has 21 heavy (non-hydrogen) atoms. The van der Waals surface area contributed by atoms with Crippen molar-refractivity contribution >= 4 is 11.9 Å². The van der Waals surface area contributed by atoms with Gasteiger partial charge in [-0.05, 0) is 36.6 Å². The van der Waals surface area contributed by atoms with Crippen LogP contribution in [0.4, 0.5) is 5.82 Å². The molecule has 1 N–H and O–H groups in total. The fourth-order valence-corrected chi connectivity index (χ4v) is 2.00. The van der Waals surface area contributed by atoms with Crippen LogP contribution in [0.5, 0.6) is 0 Å². The van der Waals surface area contributed by atoms with Crippen molar-refractivity contribution in [1.29, 1.82) is 0 Å². The van der Waals surface area contributed by atoms with Crippen LogP contribution in [0.15, 0.2) is 43.0 Å². The Hall–Kier alpha value is -2.23. The summed E-state index contributed by atoms with van der Waals surface area (Å²) < 4.78 is 0. The van der Waals surface area contributed by atoms with Crippen molar-refractivity contribution in [3.05, 3.63) is 54.3 Å². The van der Waals surface area contributed by atoms with Crippen molar-refractivity contribution in [2.45, 2.75) is 32.6 Å². The zero-order valence-electron chi connectivity index (χ0n) is 12.5. The van der Waals surface area contributed by atoms with Crippen molar-refractivity contribution < 1.29 is 0 Å². The summed E-state index contributed by atoms with van der Waals surface area (Å²) in [5.41, 5.74) is 2.17. The van der Waals surface area contributed by atoms with Gasteiger partial charge >= 0.3 is 0 Å². The summed E-state index contributed by atoms with van der Waals surface area (Å²) in [5.74, 6) is 0.847. The zero-order valence-corrected chi connectivity index (χ0v) is 12.5. The molecule has 2 heterocycles. The summed E-state index contributed by atoms with van der Waals surface area (Å²) in [4.78, 5) is 12.8. The van der Waals surface area contributed by atoms with Crippen LogP contribution in [0.25, 0.3) is 6.08 Å². The van der Waals surface area contributed by atoms with Gasteiger partial charge in [0.05, 0.1) is 0 Å². The first-order valence-electron chi connectivity index (χ1n) is 7.50. The molecule has 0 aliphatic heterocycles. The molecule has 2 aromatic heterocycles. The molecule has 0 aliphatic rings. The minimum absolute atomic E-state index is 0.832. The van der Waals surface area contributed by atoms with Gasteiger partial charge in [0.25, 0.3) is 0 Å². The molecule has 0 spiro atoms. The Balaban J connectivity index is 1.89. The average molecular weight is 282 g/mol. The van der Waals surface area contributed by atoms with E-state index in [4.69, 9.17) is 0 Å². The van der Waals surface area contributed by atoms with E-state index in [1.165, 1.54) is 18.4 Å². The monoisotopic (exact) mass is 282 g/mol. The highest BCUT2D eigenvalue weighted by Crippen LogP contribution is 2.11. The number of allylic oxidation sites excluding steroid dienone is 1. The molecular weight excluding hydrogens is 260 g/mol. The third-order valence-electron chi connectivity index (χ3n) is 3.18. The molecular formula is C17H22N4. The standard InChI is InChI=1S/C17H22N4/c1-2-3-4-5-6-16-17(21-14-13-19-16)20-12-9-15-7-10-18-11-8-15/h5-8,10-11,13-14H,2-4,9,12H2,1H3,(H,20,21)/b6-5+. The molecule has 110 valence electrons. The van der Waals surface area contributed by atoms with Gasteiger partial charge in [-0.3, -0.25) is 9.97 Å². The van der Waals surface area contributed by atoms with Gasteiger partial charge in [-0.15, -0.1) is 0 Å². The summed E-state index contributed by atoms with van der Waals surface area (Å²) in [7, 11) is 0. The van der Waals surface area contributed by atoms with Gasteiger partial charge in [0.2, 0.25) is 0 Å². The lowest BCUT2D eigenvalue weighted by Gasteiger charge is -2.07. The molecule has 0 unspecified atom stereocenters. The van der Waals surface area contributed by atoms with Gasteiger partial charge in [0.1, 0.15) is 5.69 Å². The summed E-state index contributed by atoms with van der Waals surface area (Å²) in [6.45, 7) is 3.03. The molecule has 4 nitrogen and oxygen atoms in total. The fourth-order valence-electron chi connectivity index (χ4n) is 2.00. The lowest BCUT2D eigenvalue weighted by molar-refractivity contribution is 0.816. The summed E-state index contributed by atoms with van der Waals surface area (Å²) in [6, 6.07) is 4.06. The first-order chi connectivity index (χ1) is 10.4. The molecule has 0 aliphatic carbocycles. The molecule has 2 aromatic rings. The van der Waals surface area contributed by atoms with Crippen molar-refractivity contribution in [3.8, 4) is 0 Å². The SMILES string of the molecule is CCCC/C=C/c1nccnc1NCCc1ccncc1. The van der Waals surface area contributed by atoms with Gasteiger partial charge < -0.3 is 5.32 Å². The maximum absolute atomic E-state index is 4.38. The molecule has 4 heteroatoms. The number of nitrogens with zero attached hydrogens (tertiary/aromatic N) is 3. The number of nitrogens with one attached hydrogen (secondary N) is 1. The van der Waals surface area contributed by atoms with E-state index in [0.717, 1.165) is 30.9 Å². The van der Waals surface area contributed by atoms with Crippen molar-refractivity contribution in [2.75, 3.05) is 11.9 Å². The Bertz CT molecular complexity index is 552. The number of rotatable bonds is 8. The van der Waals surface area contributed by atoms with Crippen LogP contribution in [0.3, 0.4) is 0 Å². The Kier molecular flexibility index (Phi) is 6.39. The van der Waals surface area contributed by atoms with E-state index < -0.39 is 0 Å². The third kappa shape index (κ3) is 5.34. The predicted molar refractivity (Wildman–Crippen MR) is 87.0 cm³/mol. The number of anilines is 1. The van der Waals surface area contributed by atoms with E-state index in [-0.39, 0.29) is 0 Å². The molecule has 0 saturated carbocycles. The summed E-state index contributed by atoms with van der Waals surface area (Å²) in [6.07, 6.45) is 15.8. The van der Waals surface area contributed by atoms with E-state index in [1.807, 2.05) is 24.5 Å². The molecule has 0 fully saturated rings. The van der Waals surface area contributed by atoms with Crippen LogP contribution in [-0.2, 0) is 6.42 Å². The first-order valence-corrected chi connectivity index (χ1v) is 7.50. The van der Waals surface area contributed by atoms with Crippen molar-refractivity contribution in [3.63, 3.8) is 0 Å². The number of hydrogen-bond acceptors (Lipinski definition) is 4. The van der Waals surface area contributed by atoms with Crippen LogP contribution in [-0.4, -0.2) is 21.5 Å². The van der Waals surface area contributed by atoms with Crippen LogP contribution >= 0.6 is 0 Å². The lowest BCUT2D eigenvalue weighted by atomic mass is 10.2.